The molecule has 2 bridgehead atoms. The van der Waals surface area contributed by atoms with E-state index in [1.807, 2.05) is 0 Å². The molecule has 2 N–H and O–H groups in total. The fourth-order valence-electron chi connectivity index (χ4n) is 5.06. The normalized spacial score (nSPS) is 32.7. The van der Waals surface area contributed by atoms with E-state index in [2.05, 4.69) is 20.5 Å². The molecule has 1 saturated heterocycles. The summed E-state index contributed by atoms with van der Waals surface area (Å²) < 4.78 is 0. The molecule has 0 spiro atoms. The number of likely N-dealkylation sites (tertiary alicyclic amines) is 1. The summed E-state index contributed by atoms with van der Waals surface area (Å²) in [5.41, 5.74) is 0. The van der Waals surface area contributed by atoms with E-state index < -0.39 is 0 Å². The smallest absolute Gasteiger partial charge is 0.243 e. The van der Waals surface area contributed by atoms with Gasteiger partial charge in [-0.2, -0.15) is 0 Å². The van der Waals surface area contributed by atoms with Crippen molar-refractivity contribution in [2.45, 2.75) is 69.5 Å². The Bertz CT molecular complexity index is 536. The number of hydrogen-bond donors (Lipinski definition) is 2. The van der Waals surface area contributed by atoms with Crippen molar-refractivity contribution < 1.29 is 4.79 Å². The molecule has 0 aromatic rings. The van der Waals surface area contributed by atoms with Crippen molar-refractivity contribution in [1.82, 2.24) is 20.4 Å². The molecule has 6 heteroatoms. The van der Waals surface area contributed by atoms with Crippen molar-refractivity contribution in [2.75, 3.05) is 33.7 Å². The van der Waals surface area contributed by atoms with E-state index in [0.29, 0.717) is 12.1 Å². The maximum atomic E-state index is 12.0. The molecule has 0 radical (unpaired) electrons. The van der Waals surface area contributed by atoms with Gasteiger partial charge in [0.25, 0.3) is 0 Å². The SMILES string of the molecule is CN(C)C(=O)CN=C(NC1CCN(C2CC2)CC1)NC1CC2CCC1C2. The Hall–Kier alpha value is -1.30. The van der Waals surface area contributed by atoms with Crippen molar-refractivity contribution >= 4 is 11.9 Å². The second kappa shape index (κ2) is 7.75. The number of carbonyl (C=O) groups excluding carboxylic acids is 1. The molecule has 146 valence electrons. The number of hydrogen-bond acceptors (Lipinski definition) is 3. The van der Waals surface area contributed by atoms with Crippen LogP contribution in [0.2, 0.25) is 0 Å². The molecule has 1 heterocycles. The minimum Gasteiger partial charge on any atom is -0.354 e. The number of likely N-dealkylation sites (N-methyl/N-ethyl adjacent to an activating group) is 1. The lowest BCUT2D eigenvalue weighted by Gasteiger charge is -2.34. The average Bonchev–Trinajstić information content (AvgIpc) is 3.28. The van der Waals surface area contributed by atoms with E-state index in [1.54, 1.807) is 19.0 Å². The highest BCUT2D eigenvalue weighted by Crippen LogP contribution is 2.44. The number of aliphatic imine (C=N–C) groups is 1. The van der Waals surface area contributed by atoms with Crippen LogP contribution in [-0.4, -0.2) is 73.5 Å². The summed E-state index contributed by atoms with van der Waals surface area (Å²) in [6.07, 6.45) is 10.5. The van der Waals surface area contributed by atoms with E-state index in [9.17, 15) is 4.79 Å². The fourth-order valence-corrected chi connectivity index (χ4v) is 5.06. The Morgan fingerprint density at radius 1 is 1.04 bits per heavy atom. The summed E-state index contributed by atoms with van der Waals surface area (Å²) >= 11 is 0. The van der Waals surface area contributed by atoms with Crippen LogP contribution in [0.25, 0.3) is 0 Å². The van der Waals surface area contributed by atoms with E-state index in [4.69, 9.17) is 0 Å². The van der Waals surface area contributed by atoms with Crippen molar-refractivity contribution in [3.05, 3.63) is 0 Å². The molecular formula is C20H35N5O. The summed E-state index contributed by atoms with van der Waals surface area (Å²) in [4.78, 5) is 20.9. The number of guanidine groups is 1. The molecule has 6 nitrogen and oxygen atoms in total. The molecule has 4 fully saturated rings. The van der Waals surface area contributed by atoms with Gasteiger partial charge in [-0.05, 0) is 56.8 Å². The number of rotatable bonds is 5. The third-order valence-corrected chi connectivity index (χ3v) is 6.87. The van der Waals surface area contributed by atoms with Gasteiger partial charge in [-0.1, -0.05) is 6.42 Å². The van der Waals surface area contributed by atoms with Crippen molar-refractivity contribution in [3.8, 4) is 0 Å². The van der Waals surface area contributed by atoms with Gasteiger partial charge >= 0.3 is 0 Å². The van der Waals surface area contributed by atoms with Crippen LogP contribution in [0.4, 0.5) is 0 Å². The summed E-state index contributed by atoms with van der Waals surface area (Å²) in [5.74, 6) is 2.63. The Morgan fingerprint density at radius 2 is 1.81 bits per heavy atom. The van der Waals surface area contributed by atoms with Crippen LogP contribution in [0.15, 0.2) is 4.99 Å². The van der Waals surface area contributed by atoms with Crippen molar-refractivity contribution in [2.24, 2.45) is 16.8 Å². The number of amides is 1. The number of piperidine rings is 1. The molecule has 3 saturated carbocycles. The molecule has 26 heavy (non-hydrogen) atoms. The molecule has 1 amide bonds. The minimum absolute atomic E-state index is 0.0580. The molecule has 4 rings (SSSR count). The summed E-state index contributed by atoms with van der Waals surface area (Å²) in [7, 11) is 3.59. The van der Waals surface area contributed by atoms with Crippen LogP contribution in [0.5, 0.6) is 0 Å². The predicted octanol–water partition coefficient (Wildman–Crippen LogP) is 1.43. The van der Waals surface area contributed by atoms with Gasteiger partial charge in [0.15, 0.2) is 5.96 Å². The lowest BCUT2D eigenvalue weighted by molar-refractivity contribution is -0.127. The largest absolute Gasteiger partial charge is 0.354 e. The highest BCUT2D eigenvalue weighted by atomic mass is 16.2. The van der Waals surface area contributed by atoms with Crippen LogP contribution in [-0.2, 0) is 4.79 Å². The molecular weight excluding hydrogens is 326 g/mol. The highest BCUT2D eigenvalue weighted by molar-refractivity contribution is 5.85. The minimum atomic E-state index is 0.0580. The number of fused-ring (bicyclic) bond motifs is 2. The molecule has 3 unspecified atom stereocenters. The van der Waals surface area contributed by atoms with Gasteiger partial charge in [-0.25, -0.2) is 4.99 Å². The van der Waals surface area contributed by atoms with E-state index in [-0.39, 0.29) is 12.5 Å². The van der Waals surface area contributed by atoms with Gasteiger partial charge in [0.1, 0.15) is 6.54 Å². The monoisotopic (exact) mass is 361 g/mol. The molecule has 4 aliphatic rings. The van der Waals surface area contributed by atoms with Crippen molar-refractivity contribution in [1.29, 1.82) is 0 Å². The molecule has 3 atom stereocenters. The van der Waals surface area contributed by atoms with Crippen LogP contribution < -0.4 is 10.6 Å². The quantitative estimate of drug-likeness (QED) is 0.574. The first-order valence-electron chi connectivity index (χ1n) is 10.6. The zero-order valence-electron chi connectivity index (χ0n) is 16.4. The second-order valence-electron chi connectivity index (χ2n) is 9.06. The van der Waals surface area contributed by atoms with Gasteiger partial charge in [-0.15, -0.1) is 0 Å². The summed E-state index contributed by atoms with van der Waals surface area (Å²) in [6.45, 7) is 2.62. The maximum Gasteiger partial charge on any atom is 0.243 e. The topological polar surface area (TPSA) is 60.0 Å². The summed E-state index contributed by atoms with van der Waals surface area (Å²) in [5, 5.41) is 7.35. The Balaban J connectivity index is 1.33. The first kappa shape index (κ1) is 18.1. The summed E-state index contributed by atoms with van der Waals surface area (Å²) in [6, 6.07) is 1.89. The average molecular weight is 362 g/mol. The van der Waals surface area contributed by atoms with E-state index in [1.165, 1.54) is 64.5 Å². The number of nitrogens with zero attached hydrogens (tertiary/aromatic N) is 3. The standard InChI is InChI=1S/C20H35N5O/c1-24(2)19(26)13-21-20(23-18-12-14-3-4-15(18)11-14)22-16-7-9-25(10-8-16)17-5-6-17/h14-18H,3-13H2,1-2H3,(H2,21,22,23). The molecule has 0 aromatic heterocycles. The third kappa shape index (κ3) is 4.33. The predicted molar refractivity (Wildman–Crippen MR) is 104 cm³/mol. The van der Waals surface area contributed by atoms with Crippen LogP contribution in [0.3, 0.4) is 0 Å². The third-order valence-electron chi connectivity index (χ3n) is 6.87. The van der Waals surface area contributed by atoms with E-state index >= 15 is 0 Å². The zero-order valence-corrected chi connectivity index (χ0v) is 16.4. The van der Waals surface area contributed by atoms with Crippen LogP contribution in [0.1, 0.15) is 51.4 Å². The first-order chi connectivity index (χ1) is 12.6. The Morgan fingerprint density at radius 3 is 2.38 bits per heavy atom. The molecule has 3 aliphatic carbocycles. The number of carbonyl (C=O) groups is 1. The number of nitrogens with one attached hydrogen (secondary N) is 2. The van der Waals surface area contributed by atoms with Crippen LogP contribution >= 0.6 is 0 Å². The van der Waals surface area contributed by atoms with Gasteiger partial charge in [0, 0.05) is 45.3 Å². The fraction of sp³-hybridized carbons (Fsp3) is 0.900. The van der Waals surface area contributed by atoms with Gasteiger partial charge in [0.2, 0.25) is 5.91 Å². The molecule has 0 aromatic carbocycles. The zero-order chi connectivity index (χ0) is 18.1. The Kier molecular flexibility index (Phi) is 5.39. The van der Waals surface area contributed by atoms with Gasteiger partial charge < -0.3 is 20.4 Å². The first-order valence-corrected chi connectivity index (χ1v) is 10.6. The second-order valence-corrected chi connectivity index (χ2v) is 9.06. The van der Waals surface area contributed by atoms with Crippen LogP contribution in [0, 0.1) is 11.8 Å². The lowest BCUT2D eigenvalue weighted by Crippen LogP contribution is -2.52. The highest BCUT2D eigenvalue weighted by Gasteiger charge is 2.40. The van der Waals surface area contributed by atoms with Crippen molar-refractivity contribution in [3.63, 3.8) is 0 Å². The van der Waals surface area contributed by atoms with E-state index in [0.717, 1.165) is 23.8 Å². The Labute approximate surface area is 157 Å². The lowest BCUT2D eigenvalue weighted by atomic mass is 9.95. The van der Waals surface area contributed by atoms with Gasteiger partial charge in [-0.3, -0.25) is 4.79 Å². The maximum absolute atomic E-state index is 12.0. The van der Waals surface area contributed by atoms with Gasteiger partial charge in [0.05, 0.1) is 0 Å². The molecule has 1 aliphatic heterocycles.